The van der Waals surface area contributed by atoms with Crippen molar-refractivity contribution in [3.05, 3.63) is 29.3 Å². The molecule has 1 rings (SSSR count). The topological polar surface area (TPSA) is 64.6 Å². The number of carbonyl (C=O) groups is 2. The van der Waals surface area contributed by atoms with Crippen LogP contribution >= 0.6 is 11.6 Å². The number of rotatable bonds is 8. The Labute approximate surface area is 135 Å². The van der Waals surface area contributed by atoms with Crippen molar-refractivity contribution < 1.29 is 19.1 Å². The lowest BCUT2D eigenvalue weighted by Gasteiger charge is -2.19. The summed E-state index contributed by atoms with van der Waals surface area (Å²) in [6.07, 6.45) is 0.875. The van der Waals surface area contributed by atoms with E-state index in [4.69, 9.17) is 21.1 Å². The summed E-state index contributed by atoms with van der Waals surface area (Å²) < 4.78 is 9.79. The molecule has 1 aromatic carbocycles. The van der Waals surface area contributed by atoms with Crippen LogP contribution in [0, 0.1) is 6.92 Å². The lowest BCUT2D eigenvalue weighted by molar-refractivity contribution is -0.151. The van der Waals surface area contributed by atoms with Crippen molar-refractivity contribution >= 4 is 29.2 Å². The number of alkyl halides is 1. The number of nitrogens with one attached hydrogen (secondary N) is 1. The molecule has 0 amide bonds. The first-order chi connectivity index (χ1) is 10.5. The van der Waals surface area contributed by atoms with Crippen LogP contribution in [0.1, 0.15) is 25.0 Å². The van der Waals surface area contributed by atoms with E-state index in [2.05, 4.69) is 12.2 Å². The van der Waals surface area contributed by atoms with Crippen molar-refractivity contribution in [3.8, 4) is 0 Å². The summed E-state index contributed by atoms with van der Waals surface area (Å²) in [4.78, 5) is 22.8. The highest BCUT2D eigenvalue weighted by Gasteiger charge is 2.16. The number of esters is 2. The van der Waals surface area contributed by atoms with Crippen molar-refractivity contribution in [1.82, 2.24) is 0 Å². The molecule has 1 unspecified atom stereocenters. The van der Waals surface area contributed by atoms with Crippen LogP contribution in [0.2, 0.25) is 0 Å². The number of hydrogen-bond donors (Lipinski definition) is 1. The molecule has 22 heavy (non-hydrogen) atoms. The molecule has 0 bridgehead atoms. The predicted octanol–water partition coefficient (Wildman–Crippen LogP) is 2.68. The minimum Gasteiger partial charge on any atom is -0.461 e. The predicted molar refractivity (Wildman–Crippen MR) is 86.3 cm³/mol. The Bertz CT molecular complexity index is 519. The number of ether oxygens (including phenoxy) is 2. The largest absolute Gasteiger partial charge is 0.461 e. The Morgan fingerprint density at radius 3 is 2.59 bits per heavy atom. The minimum atomic E-state index is -0.531. The Morgan fingerprint density at radius 2 is 1.95 bits per heavy atom. The maximum Gasteiger partial charge on any atom is 0.328 e. The molecule has 0 fully saturated rings. The van der Waals surface area contributed by atoms with E-state index in [9.17, 15) is 9.59 Å². The van der Waals surface area contributed by atoms with Gasteiger partial charge in [-0.25, -0.2) is 4.79 Å². The Kier molecular flexibility index (Phi) is 7.74. The molecule has 0 aromatic heterocycles. The van der Waals surface area contributed by atoms with Crippen LogP contribution in [0.4, 0.5) is 5.69 Å². The van der Waals surface area contributed by atoms with Crippen molar-refractivity contribution in [1.29, 1.82) is 0 Å². The molecular formula is C16H22ClNO4. The Balaban J connectivity index is 2.49. The molecule has 0 saturated heterocycles. The monoisotopic (exact) mass is 327 g/mol. The van der Waals surface area contributed by atoms with E-state index in [1.54, 1.807) is 6.92 Å². The van der Waals surface area contributed by atoms with Crippen molar-refractivity contribution in [2.45, 2.75) is 33.2 Å². The first-order valence-electron chi connectivity index (χ1n) is 7.22. The lowest BCUT2D eigenvalue weighted by Crippen LogP contribution is -2.30. The molecule has 6 heteroatoms. The molecule has 0 heterocycles. The lowest BCUT2D eigenvalue weighted by atomic mass is 10.1. The SMILES string of the molecule is CCc1cccc(C)c1NC(C)C(=O)OCCOC(=O)CCl. The fraction of sp³-hybridized carbons (Fsp3) is 0.500. The average Bonchev–Trinajstić information content (AvgIpc) is 2.52. The zero-order valence-electron chi connectivity index (χ0n) is 13.1. The summed E-state index contributed by atoms with van der Waals surface area (Å²) in [5, 5.41) is 3.19. The highest BCUT2D eigenvalue weighted by atomic mass is 35.5. The van der Waals surface area contributed by atoms with Gasteiger partial charge in [-0.1, -0.05) is 25.1 Å². The van der Waals surface area contributed by atoms with Gasteiger partial charge in [-0.3, -0.25) is 4.79 Å². The fourth-order valence-electron chi connectivity index (χ4n) is 1.97. The molecule has 0 aliphatic heterocycles. The third kappa shape index (κ3) is 5.56. The summed E-state index contributed by atoms with van der Waals surface area (Å²) in [7, 11) is 0. The van der Waals surface area contributed by atoms with Crippen LogP contribution in [-0.2, 0) is 25.5 Å². The summed E-state index contributed by atoms with van der Waals surface area (Å²) in [6, 6.07) is 5.52. The van der Waals surface area contributed by atoms with Crippen LogP contribution in [0.5, 0.6) is 0 Å². The second-order valence-corrected chi connectivity index (χ2v) is 5.12. The molecule has 1 N–H and O–H groups in total. The molecule has 0 spiro atoms. The van der Waals surface area contributed by atoms with E-state index in [-0.39, 0.29) is 19.1 Å². The molecular weight excluding hydrogens is 306 g/mol. The average molecular weight is 328 g/mol. The van der Waals surface area contributed by atoms with Gasteiger partial charge in [0, 0.05) is 5.69 Å². The number of halogens is 1. The summed E-state index contributed by atoms with van der Waals surface area (Å²) >= 11 is 5.29. The molecule has 1 aromatic rings. The molecule has 1 atom stereocenters. The van der Waals surface area contributed by atoms with Crippen LogP contribution in [0.3, 0.4) is 0 Å². The number of para-hydroxylation sites is 1. The second kappa shape index (κ2) is 9.30. The van der Waals surface area contributed by atoms with Gasteiger partial charge in [0.1, 0.15) is 25.1 Å². The van der Waals surface area contributed by atoms with Crippen LogP contribution in [-0.4, -0.2) is 37.1 Å². The molecule has 0 aliphatic rings. The molecule has 0 radical (unpaired) electrons. The smallest absolute Gasteiger partial charge is 0.328 e. The summed E-state index contributed by atoms with van der Waals surface area (Å²) in [5.41, 5.74) is 3.19. The highest BCUT2D eigenvalue weighted by Crippen LogP contribution is 2.22. The summed E-state index contributed by atoms with van der Waals surface area (Å²) in [6.45, 7) is 5.81. The maximum absolute atomic E-state index is 11.9. The highest BCUT2D eigenvalue weighted by molar-refractivity contribution is 6.26. The van der Waals surface area contributed by atoms with E-state index in [0.717, 1.165) is 23.2 Å². The van der Waals surface area contributed by atoms with Gasteiger partial charge < -0.3 is 14.8 Å². The van der Waals surface area contributed by atoms with Crippen LogP contribution < -0.4 is 5.32 Å². The normalized spacial score (nSPS) is 11.6. The van der Waals surface area contributed by atoms with Gasteiger partial charge in [0.25, 0.3) is 0 Å². The summed E-state index contributed by atoms with van der Waals surface area (Å²) in [5.74, 6) is -1.14. The third-order valence-electron chi connectivity index (χ3n) is 3.15. The van der Waals surface area contributed by atoms with Gasteiger partial charge in [0.15, 0.2) is 0 Å². The molecule has 122 valence electrons. The van der Waals surface area contributed by atoms with E-state index in [1.807, 2.05) is 25.1 Å². The maximum atomic E-state index is 11.9. The number of hydrogen-bond acceptors (Lipinski definition) is 5. The third-order valence-corrected chi connectivity index (χ3v) is 3.37. The van der Waals surface area contributed by atoms with E-state index in [0.29, 0.717) is 0 Å². The van der Waals surface area contributed by atoms with Crippen LogP contribution in [0.15, 0.2) is 18.2 Å². The van der Waals surface area contributed by atoms with E-state index < -0.39 is 18.0 Å². The van der Waals surface area contributed by atoms with Crippen molar-refractivity contribution in [2.24, 2.45) is 0 Å². The van der Waals surface area contributed by atoms with E-state index in [1.165, 1.54) is 0 Å². The van der Waals surface area contributed by atoms with Crippen molar-refractivity contribution in [3.63, 3.8) is 0 Å². The first-order valence-corrected chi connectivity index (χ1v) is 7.76. The minimum absolute atomic E-state index is 0.00852. The first kappa shape index (κ1) is 18.3. The standard InChI is InChI=1S/C16H22ClNO4/c1-4-13-7-5-6-11(2)15(13)18-12(3)16(20)22-9-8-21-14(19)10-17/h5-7,12,18H,4,8-10H2,1-3H3. The van der Waals surface area contributed by atoms with Gasteiger partial charge in [0.05, 0.1) is 0 Å². The second-order valence-electron chi connectivity index (χ2n) is 4.85. The molecule has 5 nitrogen and oxygen atoms in total. The van der Waals surface area contributed by atoms with Gasteiger partial charge in [-0.2, -0.15) is 0 Å². The Hall–Kier alpha value is -1.75. The zero-order chi connectivity index (χ0) is 16.5. The number of benzene rings is 1. The quantitative estimate of drug-likeness (QED) is 0.452. The molecule has 0 aliphatic carbocycles. The molecule has 0 saturated carbocycles. The van der Waals surface area contributed by atoms with Gasteiger partial charge in [-0.05, 0) is 31.4 Å². The Morgan fingerprint density at radius 1 is 1.27 bits per heavy atom. The fourth-order valence-corrected chi connectivity index (χ4v) is 2.04. The number of aryl methyl sites for hydroxylation is 2. The zero-order valence-corrected chi connectivity index (χ0v) is 13.9. The van der Waals surface area contributed by atoms with Gasteiger partial charge in [0.2, 0.25) is 0 Å². The number of anilines is 1. The van der Waals surface area contributed by atoms with Gasteiger partial charge >= 0.3 is 11.9 Å². The van der Waals surface area contributed by atoms with Gasteiger partial charge in [-0.15, -0.1) is 11.6 Å². The van der Waals surface area contributed by atoms with Crippen LogP contribution in [0.25, 0.3) is 0 Å². The number of carbonyl (C=O) groups excluding carboxylic acids is 2. The van der Waals surface area contributed by atoms with E-state index >= 15 is 0 Å². The van der Waals surface area contributed by atoms with Crippen molar-refractivity contribution in [2.75, 3.05) is 24.4 Å².